The number of amides is 1. The zero-order valence-corrected chi connectivity index (χ0v) is 13.1. The van der Waals surface area contributed by atoms with E-state index in [1.807, 2.05) is 48.9 Å². The maximum Gasteiger partial charge on any atom is 0.224 e. The van der Waals surface area contributed by atoms with Crippen molar-refractivity contribution in [2.75, 3.05) is 5.32 Å². The van der Waals surface area contributed by atoms with E-state index in [2.05, 4.69) is 15.5 Å². The van der Waals surface area contributed by atoms with Crippen molar-refractivity contribution in [2.24, 2.45) is 0 Å². The van der Waals surface area contributed by atoms with Gasteiger partial charge < -0.3 is 14.4 Å². The van der Waals surface area contributed by atoms with Crippen LogP contribution in [0.25, 0.3) is 5.69 Å². The first-order chi connectivity index (χ1) is 11.1. The van der Waals surface area contributed by atoms with Crippen molar-refractivity contribution in [3.8, 4) is 5.69 Å². The van der Waals surface area contributed by atoms with E-state index in [0.29, 0.717) is 12.8 Å². The van der Waals surface area contributed by atoms with E-state index in [4.69, 9.17) is 4.52 Å². The summed E-state index contributed by atoms with van der Waals surface area (Å²) < 4.78 is 6.99. The van der Waals surface area contributed by atoms with Crippen molar-refractivity contribution in [1.82, 2.24) is 14.7 Å². The smallest absolute Gasteiger partial charge is 0.224 e. The summed E-state index contributed by atoms with van der Waals surface area (Å²) >= 11 is 0. The van der Waals surface area contributed by atoms with Gasteiger partial charge in [0.15, 0.2) is 0 Å². The molecule has 2 heterocycles. The minimum absolute atomic E-state index is 0.0439. The lowest BCUT2D eigenvalue weighted by atomic mass is 10.1. The number of benzene rings is 1. The fourth-order valence-corrected chi connectivity index (χ4v) is 2.52. The maximum atomic E-state index is 12.3. The van der Waals surface area contributed by atoms with Gasteiger partial charge in [0.1, 0.15) is 5.76 Å². The van der Waals surface area contributed by atoms with Crippen LogP contribution in [0.4, 0.5) is 5.69 Å². The molecule has 6 heteroatoms. The molecule has 3 rings (SSSR count). The molecule has 6 nitrogen and oxygen atoms in total. The third kappa shape index (κ3) is 3.31. The summed E-state index contributed by atoms with van der Waals surface area (Å²) in [6, 6.07) is 7.63. The molecule has 0 unspecified atom stereocenters. The molecule has 1 aromatic carbocycles. The van der Waals surface area contributed by atoms with Gasteiger partial charge in [0.25, 0.3) is 0 Å². The number of nitrogens with zero attached hydrogens (tertiary/aromatic N) is 3. The number of aromatic nitrogens is 3. The van der Waals surface area contributed by atoms with Crippen LogP contribution >= 0.6 is 0 Å². The van der Waals surface area contributed by atoms with Gasteiger partial charge in [0.05, 0.1) is 23.4 Å². The van der Waals surface area contributed by atoms with Crippen molar-refractivity contribution in [1.29, 1.82) is 0 Å². The Balaban J connectivity index is 1.69. The lowest BCUT2D eigenvalue weighted by Gasteiger charge is -2.11. The lowest BCUT2D eigenvalue weighted by molar-refractivity contribution is -0.116. The van der Waals surface area contributed by atoms with E-state index in [0.717, 1.165) is 28.4 Å². The van der Waals surface area contributed by atoms with Gasteiger partial charge in [0.2, 0.25) is 5.91 Å². The van der Waals surface area contributed by atoms with E-state index in [9.17, 15) is 4.79 Å². The second-order valence-electron chi connectivity index (χ2n) is 5.34. The minimum atomic E-state index is -0.0439. The Morgan fingerprint density at radius 2 is 2.13 bits per heavy atom. The van der Waals surface area contributed by atoms with Crippen LogP contribution in [0.3, 0.4) is 0 Å². The zero-order valence-electron chi connectivity index (χ0n) is 13.1. The first-order valence-electron chi connectivity index (χ1n) is 7.44. The van der Waals surface area contributed by atoms with Crippen LogP contribution in [0.2, 0.25) is 0 Å². The minimum Gasteiger partial charge on any atom is -0.361 e. The Labute approximate surface area is 134 Å². The van der Waals surface area contributed by atoms with Gasteiger partial charge in [-0.05, 0) is 32.4 Å². The number of carbonyl (C=O) groups is 1. The summed E-state index contributed by atoms with van der Waals surface area (Å²) in [7, 11) is 0. The second-order valence-corrected chi connectivity index (χ2v) is 5.34. The fraction of sp³-hybridized carbons (Fsp3) is 0.235. The van der Waals surface area contributed by atoms with E-state index in [-0.39, 0.29) is 5.91 Å². The van der Waals surface area contributed by atoms with Crippen LogP contribution in [-0.4, -0.2) is 20.6 Å². The van der Waals surface area contributed by atoms with Crippen LogP contribution < -0.4 is 5.32 Å². The molecule has 0 radical (unpaired) electrons. The van der Waals surface area contributed by atoms with Crippen molar-refractivity contribution in [3.63, 3.8) is 0 Å². The van der Waals surface area contributed by atoms with Crippen molar-refractivity contribution in [2.45, 2.75) is 26.7 Å². The Morgan fingerprint density at radius 3 is 2.83 bits per heavy atom. The predicted molar refractivity (Wildman–Crippen MR) is 86.5 cm³/mol. The average molecular weight is 310 g/mol. The zero-order chi connectivity index (χ0) is 16.2. The van der Waals surface area contributed by atoms with Crippen molar-refractivity contribution >= 4 is 11.6 Å². The number of hydrogen-bond donors (Lipinski definition) is 1. The van der Waals surface area contributed by atoms with Crippen molar-refractivity contribution < 1.29 is 9.32 Å². The number of hydrogen-bond acceptors (Lipinski definition) is 4. The fourth-order valence-electron chi connectivity index (χ4n) is 2.52. The van der Waals surface area contributed by atoms with Gasteiger partial charge in [-0.3, -0.25) is 4.79 Å². The summed E-state index contributed by atoms with van der Waals surface area (Å²) in [4.78, 5) is 16.3. The number of aryl methyl sites for hydroxylation is 2. The van der Waals surface area contributed by atoms with Gasteiger partial charge in [-0.25, -0.2) is 4.98 Å². The summed E-state index contributed by atoms with van der Waals surface area (Å²) in [5.41, 5.74) is 3.49. The monoisotopic (exact) mass is 310 g/mol. The topological polar surface area (TPSA) is 73.0 Å². The summed E-state index contributed by atoms with van der Waals surface area (Å²) in [5, 5.41) is 6.87. The van der Waals surface area contributed by atoms with Crippen LogP contribution in [0.1, 0.15) is 23.4 Å². The Morgan fingerprint density at radius 1 is 1.30 bits per heavy atom. The molecule has 0 bridgehead atoms. The molecule has 118 valence electrons. The first-order valence-corrected chi connectivity index (χ1v) is 7.44. The standard InChI is InChI=1S/C17H18N4O2/c1-12-14(13(2)23-20-12)7-8-17(22)19-15-5-3-4-6-16(15)21-10-9-18-11-21/h3-6,9-11H,7-8H2,1-2H3,(H,19,22). The van der Waals surface area contributed by atoms with E-state index in [1.54, 1.807) is 12.5 Å². The molecule has 1 N–H and O–H groups in total. The molecule has 0 aliphatic rings. The highest BCUT2D eigenvalue weighted by Gasteiger charge is 2.12. The molecule has 0 spiro atoms. The number of anilines is 1. The van der Waals surface area contributed by atoms with Crippen molar-refractivity contribution in [3.05, 3.63) is 60.0 Å². The SMILES string of the molecule is Cc1noc(C)c1CCC(=O)Nc1ccccc1-n1ccnc1. The summed E-state index contributed by atoms with van der Waals surface area (Å²) in [5.74, 6) is 0.728. The van der Waals surface area contributed by atoms with Gasteiger partial charge in [-0.15, -0.1) is 0 Å². The third-order valence-electron chi connectivity index (χ3n) is 3.74. The molecular weight excluding hydrogens is 292 g/mol. The molecule has 2 aromatic heterocycles. The number of nitrogens with one attached hydrogen (secondary N) is 1. The highest BCUT2D eigenvalue weighted by atomic mass is 16.5. The molecule has 0 fully saturated rings. The summed E-state index contributed by atoms with van der Waals surface area (Å²) in [6.07, 6.45) is 6.24. The van der Waals surface area contributed by atoms with Crippen LogP contribution in [-0.2, 0) is 11.2 Å². The molecule has 0 saturated heterocycles. The maximum absolute atomic E-state index is 12.3. The Hall–Kier alpha value is -2.89. The second kappa shape index (κ2) is 6.48. The van der Waals surface area contributed by atoms with Crippen LogP contribution in [0.15, 0.2) is 47.5 Å². The lowest BCUT2D eigenvalue weighted by Crippen LogP contribution is -2.14. The normalized spacial score (nSPS) is 10.7. The largest absolute Gasteiger partial charge is 0.361 e. The number of carbonyl (C=O) groups excluding carboxylic acids is 1. The molecular formula is C17H18N4O2. The Kier molecular flexibility index (Phi) is 4.23. The van der Waals surface area contributed by atoms with Gasteiger partial charge in [-0.1, -0.05) is 17.3 Å². The molecule has 0 atom stereocenters. The highest BCUT2D eigenvalue weighted by molar-refractivity contribution is 5.93. The van der Waals surface area contributed by atoms with E-state index < -0.39 is 0 Å². The molecule has 0 aliphatic heterocycles. The van der Waals surface area contributed by atoms with Crippen LogP contribution in [0, 0.1) is 13.8 Å². The highest BCUT2D eigenvalue weighted by Crippen LogP contribution is 2.20. The molecule has 3 aromatic rings. The van der Waals surface area contributed by atoms with Gasteiger partial charge >= 0.3 is 0 Å². The molecule has 0 aliphatic carbocycles. The number of rotatable bonds is 5. The molecule has 1 amide bonds. The predicted octanol–water partition coefficient (Wildman–Crippen LogP) is 3.05. The molecule has 23 heavy (non-hydrogen) atoms. The Bertz CT molecular complexity index is 786. The summed E-state index contributed by atoms with van der Waals surface area (Å²) in [6.45, 7) is 3.75. The van der Waals surface area contributed by atoms with Gasteiger partial charge in [0, 0.05) is 24.4 Å². The molecule has 0 saturated carbocycles. The average Bonchev–Trinajstić information content (AvgIpc) is 3.17. The van der Waals surface area contributed by atoms with Gasteiger partial charge in [-0.2, -0.15) is 0 Å². The number of para-hydroxylation sites is 2. The van der Waals surface area contributed by atoms with Crippen LogP contribution in [0.5, 0.6) is 0 Å². The van der Waals surface area contributed by atoms with E-state index >= 15 is 0 Å². The van der Waals surface area contributed by atoms with E-state index in [1.165, 1.54) is 0 Å². The number of imidazole rings is 1. The first kappa shape index (κ1) is 15.0. The quantitative estimate of drug-likeness (QED) is 0.786. The third-order valence-corrected chi connectivity index (χ3v) is 3.74.